The van der Waals surface area contributed by atoms with Crippen molar-refractivity contribution in [2.45, 2.75) is 37.7 Å². The van der Waals surface area contributed by atoms with Gasteiger partial charge in [-0.3, -0.25) is 4.79 Å². The molecule has 2 fully saturated rings. The van der Waals surface area contributed by atoms with Gasteiger partial charge in [0, 0.05) is 44.0 Å². The third-order valence-electron chi connectivity index (χ3n) is 5.37. The van der Waals surface area contributed by atoms with Gasteiger partial charge in [0.15, 0.2) is 5.78 Å². The average Bonchev–Trinajstić information content (AvgIpc) is 3.10. The molecule has 3 aliphatic heterocycles. The summed E-state index contributed by atoms with van der Waals surface area (Å²) >= 11 is 5.98. The first-order chi connectivity index (χ1) is 11.6. The predicted molar refractivity (Wildman–Crippen MR) is 90.8 cm³/mol. The average molecular weight is 349 g/mol. The van der Waals surface area contributed by atoms with Crippen molar-refractivity contribution in [1.29, 1.82) is 0 Å². The SMILES string of the molecule is O=C1CC2(CCN(C(=O)N3CCCC3)CC2)Oc2ccc(Cl)cc21. The number of carbonyl (C=O) groups excluding carboxylic acids is 2. The van der Waals surface area contributed by atoms with Crippen LogP contribution in [0.4, 0.5) is 4.79 Å². The van der Waals surface area contributed by atoms with Crippen LogP contribution in [-0.2, 0) is 0 Å². The number of Topliss-reactive ketones (excluding diaryl/α,β-unsaturated/α-hetero) is 1. The Morgan fingerprint density at radius 1 is 1.08 bits per heavy atom. The number of amides is 2. The third kappa shape index (κ3) is 2.75. The number of fused-ring (bicyclic) bond motifs is 1. The molecule has 0 bridgehead atoms. The van der Waals surface area contributed by atoms with E-state index in [1.165, 1.54) is 0 Å². The molecule has 0 atom stereocenters. The molecule has 24 heavy (non-hydrogen) atoms. The van der Waals surface area contributed by atoms with Crippen molar-refractivity contribution in [3.8, 4) is 5.75 Å². The van der Waals surface area contributed by atoms with E-state index in [1.54, 1.807) is 18.2 Å². The summed E-state index contributed by atoms with van der Waals surface area (Å²) in [5, 5.41) is 0.549. The lowest BCUT2D eigenvalue weighted by Crippen LogP contribution is -2.54. The van der Waals surface area contributed by atoms with Gasteiger partial charge >= 0.3 is 6.03 Å². The maximum absolute atomic E-state index is 12.5. The van der Waals surface area contributed by atoms with Gasteiger partial charge in [-0.25, -0.2) is 4.79 Å². The lowest BCUT2D eigenvalue weighted by molar-refractivity contribution is -0.00321. The number of hydrogen-bond donors (Lipinski definition) is 0. The van der Waals surface area contributed by atoms with Gasteiger partial charge in [0.05, 0.1) is 12.0 Å². The van der Waals surface area contributed by atoms with Crippen molar-refractivity contribution < 1.29 is 14.3 Å². The number of nitrogens with zero attached hydrogens (tertiary/aromatic N) is 2. The second kappa shape index (κ2) is 5.96. The van der Waals surface area contributed by atoms with Crippen LogP contribution in [0.3, 0.4) is 0 Å². The van der Waals surface area contributed by atoms with E-state index in [-0.39, 0.29) is 11.8 Å². The molecule has 3 heterocycles. The van der Waals surface area contributed by atoms with Gasteiger partial charge in [-0.2, -0.15) is 0 Å². The molecular formula is C18H21ClN2O3. The van der Waals surface area contributed by atoms with Crippen LogP contribution in [0.5, 0.6) is 5.75 Å². The highest BCUT2D eigenvalue weighted by molar-refractivity contribution is 6.31. The minimum Gasteiger partial charge on any atom is -0.486 e. The summed E-state index contributed by atoms with van der Waals surface area (Å²) < 4.78 is 6.21. The summed E-state index contributed by atoms with van der Waals surface area (Å²) in [6.45, 7) is 3.02. The molecule has 2 amide bonds. The zero-order chi connectivity index (χ0) is 16.7. The summed E-state index contributed by atoms with van der Waals surface area (Å²) in [5.41, 5.74) is 0.100. The number of halogens is 1. The monoisotopic (exact) mass is 348 g/mol. The van der Waals surface area contributed by atoms with Gasteiger partial charge in [-0.15, -0.1) is 0 Å². The zero-order valence-electron chi connectivity index (χ0n) is 13.6. The van der Waals surface area contributed by atoms with E-state index in [9.17, 15) is 9.59 Å². The fraction of sp³-hybridized carbons (Fsp3) is 0.556. The maximum Gasteiger partial charge on any atom is 0.320 e. The van der Waals surface area contributed by atoms with Gasteiger partial charge < -0.3 is 14.5 Å². The predicted octanol–water partition coefficient (Wildman–Crippen LogP) is 3.36. The Kier molecular flexibility index (Phi) is 3.91. The van der Waals surface area contributed by atoms with E-state index in [2.05, 4.69) is 0 Å². The number of urea groups is 1. The highest BCUT2D eigenvalue weighted by Gasteiger charge is 2.44. The summed E-state index contributed by atoms with van der Waals surface area (Å²) in [4.78, 5) is 28.8. The fourth-order valence-electron chi connectivity index (χ4n) is 3.96. The first kappa shape index (κ1) is 15.8. The molecule has 0 radical (unpaired) electrons. The van der Waals surface area contributed by atoms with Crippen molar-refractivity contribution >= 4 is 23.4 Å². The van der Waals surface area contributed by atoms with Crippen molar-refractivity contribution in [3.05, 3.63) is 28.8 Å². The molecule has 128 valence electrons. The third-order valence-corrected chi connectivity index (χ3v) is 5.61. The molecule has 1 aromatic carbocycles. The van der Waals surface area contributed by atoms with E-state index in [1.807, 2.05) is 9.80 Å². The van der Waals surface area contributed by atoms with Crippen LogP contribution in [-0.4, -0.2) is 53.4 Å². The van der Waals surface area contributed by atoms with E-state index in [0.29, 0.717) is 48.7 Å². The molecule has 5 nitrogen and oxygen atoms in total. The maximum atomic E-state index is 12.5. The van der Waals surface area contributed by atoms with Crippen LogP contribution in [0.2, 0.25) is 5.02 Å². The molecule has 0 aromatic heterocycles. The van der Waals surface area contributed by atoms with E-state index >= 15 is 0 Å². The zero-order valence-corrected chi connectivity index (χ0v) is 14.3. The summed E-state index contributed by atoms with van der Waals surface area (Å²) in [7, 11) is 0. The van der Waals surface area contributed by atoms with E-state index in [0.717, 1.165) is 25.9 Å². The number of piperidine rings is 1. The highest BCUT2D eigenvalue weighted by atomic mass is 35.5. The van der Waals surface area contributed by atoms with Crippen LogP contribution in [0.15, 0.2) is 18.2 Å². The smallest absolute Gasteiger partial charge is 0.320 e. The molecule has 3 aliphatic rings. The highest BCUT2D eigenvalue weighted by Crippen LogP contribution is 2.40. The molecule has 1 spiro atoms. The lowest BCUT2D eigenvalue weighted by atomic mass is 9.82. The largest absolute Gasteiger partial charge is 0.486 e. The Labute approximate surface area is 146 Å². The van der Waals surface area contributed by atoms with Crippen molar-refractivity contribution in [2.24, 2.45) is 0 Å². The topological polar surface area (TPSA) is 49.9 Å². The number of rotatable bonds is 0. The van der Waals surface area contributed by atoms with Crippen LogP contribution >= 0.6 is 11.6 Å². The molecule has 0 saturated carbocycles. The normalized spacial score (nSPS) is 22.5. The first-order valence-electron chi connectivity index (χ1n) is 8.62. The van der Waals surface area contributed by atoms with Crippen LogP contribution < -0.4 is 4.74 Å². The van der Waals surface area contributed by atoms with Gasteiger partial charge in [-0.05, 0) is 31.0 Å². The van der Waals surface area contributed by atoms with Gasteiger partial charge in [0.1, 0.15) is 11.4 Å². The molecule has 0 aliphatic carbocycles. The van der Waals surface area contributed by atoms with Gasteiger partial charge in [-0.1, -0.05) is 11.6 Å². The Morgan fingerprint density at radius 3 is 2.46 bits per heavy atom. The fourth-order valence-corrected chi connectivity index (χ4v) is 4.13. The minimum absolute atomic E-state index is 0.0815. The lowest BCUT2D eigenvalue weighted by Gasteiger charge is -2.44. The van der Waals surface area contributed by atoms with Crippen molar-refractivity contribution in [2.75, 3.05) is 26.2 Å². The number of carbonyl (C=O) groups is 2. The Hall–Kier alpha value is -1.75. The van der Waals surface area contributed by atoms with Crippen LogP contribution in [0.1, 0.15) is 42.5 Å². The standard InChI is InChI=1S/C18H21ClN2O3/c19-13-3-4-16-14(11-13)15(22)12-18(24-16)5-9-21(10-6-18)17(23)20-7-1-2-8-20/h3-4,11H,1-2,5-10,12H2. The Bertz CT molecular complexity index is 677. The Morgan fingerprint density at radius 2 is 1.75 bits per heavy atom. The van der Waals surface area contributed by atoms with E-state index in [4.69, 9.17) is 16.3 Å². The summed E-state index contributed by atoms with van der Waals surface area (Å²) in [6.07, 6.45) is 3.95. The second-order valence-corrected chi connectivity index (χ2v) is 7.43. The van der Waals surface area contributed by atoms with Gasteiger partial charge in [0.25, 0.3) is 0 Å². The minimum atomic E-state index is -0.473. The quantitative estimate of drug-likeness (QED) is 0.722. The molecule has 0 N–H and O–H groups in total. The van der Waals surface area contributed by atoms with Crippen LogP contribution in [0, 0.1) is 0 Å². The summed E-state index contributed by atoms with van der Waals surface area (Å²) in [6, 6.07) is 5.34. The van der Waals surface area contributed by atoms with E-state index < -0.39 is 5.60 Å². The number of ketones is 1. The molecule has 6 heteroatoms. The van der Waals surface area contributed by atoms with Crippen molar-refractivity contribution in [3.63, 3.8) is 0 Å². The summed E-state index contributed by atoms with van der Waals surface area (Å²) in [5.74, 6) is 0.702. The second-order valence-electron chi connectivity index (χ2n) is 6.99. The molecule has 4 rings (SSSR count). The van der Waals surface area contributed by atoms with Crippen LogP contribution in [0.25, 0.3) is 0 Å². The number of hydrogen-bond acceptors (Lipinski definition) is 3. The number of likely N-dealkylation sites (tertiary alicyclic amines) is 2. The molecule has 2 saturated heterocycles. The van der Waals surface area contributed by atoms with Gasteiger partial charge in [0.2, 0.25) is 0 Å². The molecule has 0 unspecified atom stereocenters. The molecule has 1 aromatic rings. The number of benzene rings is 1. The first-order valence-corrected chi connectivity index (χ1v) is 9.00. The Balaban J connectivity index is 1.46. The molecular weight excluding hydrogens is 328 g/mol. The van der Waals surface area contributed by atoms with Crippen molar-refractivity contribution in [1.82, 2.24) is 9.80 Å². The number of ether oxygens (including phenoxy) is 1.